The largest absolute Gasteiger partial charge is 0.343 e. The molecular weight excluding hydrogens is 208 g/mol. The third kappa shape index (κ3) is 5.42. The molecular formula is C11H24N2OS. The molecule has 0 aromatic rings. The SMILES string of the molecule is CSCCC(C)N(C)C(=O)C(C)CCN. The van der Waals surface area contributed by atoms with Crippen LogP contribution in [0.15, 0.2) is 0 Å². The van der Waals surface area contributed by atoms with Crippen molar-refractivity contribution in [3.05, 3.63) is 0 Å². The van der Waals surface area contributed by atoms with E-state index in [1.807, 2.05) is 30.6 Å². The lowest BCUT2D eigenvalue weighted by Crippen LogP contribution is -2.39. The van der Waals surface area contributed by atoms with E-state index in [1.54, 1.807) is 0 Å². The van der Waals surface area contributed by atoms with Crippen LogP contribution in [0.4, 0.5) is 0 Å². The zero-order valence-electron chi connectivity index (χ0n) is 10.3. The summed E-state index contributed by atoms with van der Waals surface area (Å²) in [5.41, 5.74) is 5.45. The van der Waals surface area contributed by atoms with Crippen LogP contribution in [-0.2, 0) is 4.79 Å². The summed E-state index contributed by atoms with van der Waals surface area (Å²) in [6.07, 6.45) is 3.92. The molecule has 0 saturated carbocycles. The quantitative estimate of drug-likeness (QED) is 0.725. The van der Waals surface area contributed by atoms with Gasteiger partial charge in [-0.25, -0.2) is 0 Å². The predicted octanol–water partition coefficient (Wildman–Crippen LogP) is 1.57. The number of nitrogens with two attached hydrogens (primary N) is 1. The van der Waals surface area contributed by atoms with Gasteiger partial charge < -0.3 is 10.6 Å². The van der Waals surface area contributed by atoms with Gasteiger partial charge in [0.05, 0.1) is 0 Å². The fraction of sp³-hybridized carbons (Fsp3) is 0.909. The number of carbonyl (C=O) groups excluding carboxylic acids is 1. The monoisotopic (exact) mass is 232 g/mol. The first-order valence-corrected chi connectivity index (χ1v) is 6.89. The van der Waals surface area contributed by atoms with Crippen molar-refractivity contribution in [2.75, 3.05) is 25.6 Å². The second kappa shape index (κ2) is 7.99. The lowest BCUT2D eigenvalue weighted by atomic mass is 10.1. The fourth-order valence-corrected chi connectivity index (χ4v) is 2.00. The first-order chi connectivity index (χ1) is 7.04. The molecule has 4 heteroatoms. The molecule has 0 radical (unpaired) electrons. The second-order valence-electron chi connectivity index (χ2n) is 4.06. The van der Waals surface area contributed by atoms with Crippen molar-refractivity contribution in [3.8, 4) is 0 Å². The lowest BCUT2D eigenvalue weighted by molar-refractivity contribution is -0.135. The minimum atomic E-state index is 0.0525. The van der Waals surface area contributed by atoms with Crippen LogP contribution in [0.25, 0.3) is 0 Å². The van der Waals surface area contributed by atoms with E-state index in [9.17, 15) is 4.79 Å². The Bertz CT molecular complexity index is 187. The van der Waals surface area contributed by atoms with Crippen molar-refractivity contribution in [2.24, 2.45) is 11.7 Å². The Labute approximate surface area is 97.8 Å². The third-order valence-electron chi connectivity index (χ3n) is 2.77. The Morgan fingerprint density at radius 2 is 2.00 bits per heavy atom. The molecule has 0 aromatic heterocycles. The smallest absolute Gasteiger partial charge is 0.225 e. The molecule has 0 bridgehead atoms. The normalized spacial score (nSPS) is 14.7. The molecule has 0 heterocycles. The molecule has 0 aliphatic carbocycles. The highest BCUT2D eigenvalue weighted by molar-refractivity contribution is 7.98. The number of carbonyl (C=O) groups is 1. The summed E-state index contributed by atoms with van der Waals surface area (Å²) in [5.74, 6) is 1.37. The van der Waals surface area contributed by atoms with Gasteiger partial charge in [0.1, 0.15) is 0 Å². The average molecular weight is 232 g/mol. The van der Waals surface area contributed by atoms with Gasteiger partial charge in [-0.05, 0) is 38.3 Å². The fourth-order valence-electron chi connectivity index (χ4n) is 1.42. The molecule has 0 rings (SSSR count). The molecule has 0 spiro atoms. The van der Waals surface area contributed by atoms with Crippen LogP contribution in [0.5, 0.6) is 0 Å². The van der Waals surface area contributed by atoms with E-state index in [-0.39, 0.29) is 11.8 Å². The van der Waals surface area contributed by atoms with Gasteiger partial charge in [-0.2, -0.15) is 11.8 Å². The van der Waals surface area contributed by atoms with Gasteiger partial charge in [0.25, 0.3) is 0 Å². The molecule has 2 atom stereocenters. The molecule has 0 aliphatic heterocycles. The summed E-state index contributed by atoms with van der Waals surface area (Å²) < 4.78 is 0. The maximum atomic E-state index is 11.9. The van der Waals surface area contributed by atoms with E-state index in [0.717, 1.165) is 18.6 Å². The van der Waals surface area contributed by atoms with Crippen molar-refractivity contribution < 1.29 is 4.79 Å². The Hall–Kier alpha value is -0.220. The van der Waals surface area contributed by atoms with Crippen molar-refractivity contribution >= 4 is 17.7 Å². The van der Waals surface area contributed by atoms with Crippen molar-refractivity contribution in [3.63, 3.8) is 0 Å². The van der Waals surface area contributed by atoms with Gasteiger partial charge in [-0.1, -0.05) is 6.92 Å². The number of rotatable bonds is 7. The van der Waals surface area contributed by atoms with E-state index in [1.165, 1.54) is 0 Å². The zero-order chi connectivity index (χ0) is 11.8. The van der Waals surface area contributed by atoms with E-state index >= 15 is 0 Å². The van der Waals surface area contributed by atoms with Crippen molar-refractivity contribution in [1.29, 1.82) is 0 Å². The average Bonchev–Trinajstić information content (AvgIpc) is 2.24. The molecule has 0 saturated heterocycles. The molecule has 15 heavy (non-hydrogen) atoms. The number of hydrogen-bond donors (Lipinski definition) is 1. The molecule has 0 aromatic carbocycles. The first-order valence-electron chi connectivity index (χ1n) is 5.50. The molecule has 2 N–H and O–H groups in total. The Kier molecular flexibility index (Phi) is 7.88. The van der Waals surface area contributed by atoms with Crippen molar-refractivity contribution in [2.45, 2.75) is 32.7 Å². The number of thioether (sulfide) groups is 1. The van der Waals surface area contributed by atoms with Crippen LogP contribution in [0.2, 0.25) is 0 Å². The molecule has 90 valence electrons. The highest BCUT2D eigenvalue weighted by Crippen LogP contribution is 2.11. The van der Waals surface area contributed by atoms with E-state index in [0.29, 0.717) is 12.6 Å². The van der Waals surface area contributed by atoms with Gasteiger partial charge in [0, 0.05) is 19.0 Å². The highest BCUT2D eigenvalue weighted by Gasteiger charge is 2.20. The van der Waals surface area contributed by atoms with Gasteiger partial charge in [0.15, 0.2) is 0 Å². The summed E-state index contributed by atoms with van der Waals surface area (Å²) in [6.45, 7) is 4.64. The van der Waals surface area contributed by atoms with Crippen LogP contribution in [0.3, 0.4) is 0 Å². The van der Waals surface area contributed by atoms with Crippen LogP contribution in [0.1, 0.15) is 26.7 Å². The van der Waals surface area contributed by atoms with Crippen LogP contribution >= 0.6 is 11.8 Å². The van der Waals surface area contributed by atoms with Gasteiger partial charge in [-0.15, -0.1) is 0 Å². The van der Waals surface area contributed by atoms with Crippen molar-refractivity contribution in [1.82, 2.24) is 4.90 Å². The number of hydrogen-bond acceptors (Lipinski definition) is 3. The van der Waals surface area contributed by atoms with E-state index in [2.05, 4.69) is 13.2 Å². The maximum Gasteiger partial charge on any atom is 0.225 e. The van der Waals surface area contributed by atoms with Gasteiger partial charge in [-0.3, -0.25) is 4.79 Å². The Morgan fingerprint density at radius 3 is 2.47 bits per heavy atom. The molecule has 3 nitrogen and oxygen atoms in total. The summed E-state index contributed by atoms with van der Waals surface area (Å²) in [6, 6.07) is 0.324. The molecule has 0 fully saturated rings. The van der Waals surface area contributed by atoms with E-state index < -0.39 is 0 Å². The predicted molar refractivity (Wildman–Crippen MR) is 68.1 cm³/mol. The minimum Gasteiger partial charge on any atom is -0.343 e. The number of nitrogens with zero attached hydrogens (tertiary/aromatic N) is 1. The van der Waals surface area contributed by atoms with Crippen LogP contribution in [-0.4, -0.2) is 42.4 Å². The van der Waals surface area contributed by atoms with E-state index in [4.69, 9.17) is 5.73 Å². The molecule has 2 unspecified atom stereocenters. The summed E-state index contributed by atoms with van der Waals surface area (Å²) >= 11 is 1.82. The Balaban J connectivity index is 4.05. The van der Waals surface area contributed by atoms with Crippen LogP contribution < -0.4 is 5.73 Å². The number of amides is 1. The molecule has 1 amide bonds. The second-order valence-corrected chi connectivity index (χ2v) is 5.04. The first kappa shape index (κ1) is 14.8. The summed E-state index contributed by atoms with van der Waals surface area (Å²) in [7, 11) is 1.89. The topological polar surface area (TPSA) is 46.3 Å². The standard InChI is InChI=1S/C11H24N2OS/c1-9(5-7-12)11(14)13(3)10(2)6-8-15-4/h9-10H,5-8,12H2,1-4H3. The summed E-state index contributed by atoms with van der Waals surface area (Å²) in [5, 5.41) is 0. The zero-order valence-corrected chi connectivity index (χ0v) is 11.1. The Morgan fingerprint density at radius 1 is 1.40 bits per heavy atom. The van der Waals surface area contributed by atoms with Crippen LogP contribution in [0, 0.1) is 5.92 Å². The molecule has 0 aliphatic rings. The van der Waals surface area contributed by atoms with Gasteiger partial charge in [0.2, 0.25) is 5.91 Å². The lowest BCUT2D eigenvalue weighted by Gasteiger charge is -2.27. The van der Waals surface area contributed by atoms with Gasteiger partial charge >= 0.3 is 0 Å². The highest BCUT2D eigenvalue weighted by atomic mass is 32.2. The minimum absolute atomic E-state index is 0.0525. The third-order valence-corrected chi connectivity index (χ3v) is 3.41. The maximum absolute atomic E-state index is 11.9. The summed E-state index contributed by atoms with van der Waals surface area (Å²) in [4.78, 5) is 13.8.